The van der Waals surface area contributed by atoms with Gasteiger partial charge in [-0.05, 0) is 29.2 Å². The highest BCUT2D eigenvalue weighted by Gasteiger charge is 2.08. The Morgan fingerprint density at radius 3 is 2.43 bits per heavy atom. The van der Waals surface area contributed by atoms with Crippen molar-refractivity contribution in [2.75, 3.05) is 0 Å². The van der Waals surface area contributed by atoms with Crippen LogP contribution in [0.25, 0.3) is 0 Å². The molecule has 21 heavy (non-hydrogen) atoms. The van der Waals surface area contributed by atoms with Gasteiger partial charge in [0.2, 0.25) is 0 Å². The molecule has 0 spiro atoms. The van der Waals surface area contributed by atoms with Gasteiger partial charge in [-0.15, -0.1) is 0 Å². The number of halogens is 1. The summed E-state index contributed by atoms with van der Waals surface area (Å²) >= 11 is 0. The van der Waals surface area contributed by atoms with Gasteiger partial charge in [-0.3, -0.25) is 4.79 Å². The van der Waals surface area contributed by atoms with Crippen molar-refractivity contribution >= 4 is 12.1 Å². The zero-order chi connectivity index (χ0) is 15.2. The van der Waals surface area contributed by atoms with Crippen LogP contribution in [-0.2, 0) is 0 Å². The normalized spacial score (nSPS) is 11.0. The predicted octanol–water partition coefficient (Wildman–Crippen LogP) is 3.71. The minimum atomic E-state index is -0.567. The molecule has 0 fully saturated rings. The fraction of sp³-hybridized carbons (Fsp3) is 0.176. The lowest BCUT2D eigenvalue weighted by atomic mass is 10.0. The molecule has 0 heterocycles. The first-order valence-electron chi connectivity index (χ1n) is 6.76. The number of rotatable bonds is 4. The summed E-state index contributed by atoms with van der Waals surface area (Å²) in [7, 11) is 0. The standard InChI is InChI=1S/C17H17FN2O/c1-12(2)14-9-7-13(8-10-14)11-19-20-17(21)15-5-3-4-6-16(15)18/h3-12H,1-2H3,(H,20,21). The minimum absolute atomic E-state index is 0.0233. The van der Waals surface area contributed by atoms with Gasteiger partial charge in [-0.25, -0.2) is 9.82 Å². The molecule has 4 heteroatoms. The summed E-state index contributed by atoms with van der Waals surface area (Å²) in [6.07, 6.45) is 1.53. The van der Waals surface area contributed by atoms with Crippen molar-refractivity contribution in [2.45, 2.75) is 19.8 Å². The number of carbonyl (C=O) groups excluding carboxylic acids is 1. The molecule has 0 aliphatic rings. The zero-order valence-electron chi connectivity index (χ0n) is 12.0. The molecule has 0 unspecified atom stereocenters. The van der Waals surface area contributed by atoms with E-state index in [1.54, 1.807) is 6.07 Å². The van der Waals surface area contributed by atoms with Crippen LogP contribution in [0.1, 0.15) is 41.3 Å². The number of hydrogen-bond donors (Lipinski definition) is 1. The fourth-order valence-electron chi connectivity index (χ4n) is 1.84. The average Bonchev–Trinajstić information content (AvgIpc) is 2.48. The van der Waals surface area contributed by atoms with Crippen LogP contribution in [-0.4, -0.2) is 12.1 Å². The smallest absolute Gasteiger partial charge is 0.267 e. The lowest BCUT2D eigenvalue weighted by Crippen LogP contribution is -2.18. The second kappa shape index (κ2) is 6.79. The number of benzene rings is 2. The van der Waals surface area contributed by atoms with E-state index in [2.05, 4.69) is 24.4 Å². The molecular formula is C17H17FN2O. The van der Waals surface area contributed by atoms with Gasteiger partial charge in [0, 0.05) is 0 Å². The van der Waals surface area contributed by atoms with Crippen LogP contribution in [0.5, 0.6) is 0 Å². The molecule has 0 aromatic heterocycles. The van der Waals surface area contributed by atoms with E-state index in [0.717, 1.165) is 5.56 Å². The van der Waals surface area contributed by atoms with Crippen molar-refractivity contribution in [3.63, 3.8) is 0 Å². The van der Waals surface area contributed by atoms with E-state index in [1.165, 1.54) is 30.0 Å². The maximum absolute atomic E-state index is 13.4. The van der Waals surface area contributed by atoms with Crippen LogP contribution in [0.3, 0.4) is 0 Å². The van der Waals surface area contributed by atoms with Crippen LogP contribution >= 0.6 is 0 Å². The summed E-state index contributed by atoms with van der Waals surface area (Å²) in [6.45, 7) is 4.25. The van der Waals surface area contributed by atoms with E-state index in [1.807, 2.05) is 24.3 Å². The van der Waals surface area contributed by atoms with Crippen LogP contribution in [0.4, 0.5) is 4.39 Å². The quantitative estimate of drug-likeness (QED) is 0.675. The Morgan fingerprint density at radius 2 is 1.81 bits per heavy atom. The van der Waals surface area contributed by atoms with Crippen molar-refractivity contribution in [1.82, 2.24) is 5.43 Å². The average molecular weight is 284 g/mol. The predicted molar refractivity (Wildman–Crippen MR) is 82.0 cm³/mol. The summed E-state index contributed by atoms with van der Waals surface area (Å²) in [4.78, 5) is 11.7. The Hall–Kier alpha value is -2.49. The molecule has 0 aliphatic carbocycles. The Kier molecular flexibility index (Phi) is 4.82. The molecule has 0 saturated heterocycles. The molecule has 1 amide bonds. The van der Waals surface area contributed by atoms with E-state index in [-0.39, 0.29) is 5.56 Å². The van der Waals surface area contributed by atoms with Gasteiger partial charge in [0.05, 0.1) is 11.8 Å². The molecule has 1 N–H and O–H groups in total. The van der Waals surface area contributed by atoms with Gasteiger partial charge < -0.3 is 0 Å². The molecule has 0 saturated carbocycles. The van der Waals surface area contributed by atoms with Gasteiger partial charge in [-0.2, -0.15) is 5.10 Å². The number of carbonyl (C=O) groups is 1. The van der Waals surface area contributed by atoms with Crippen molar-refractivity contribution in [3.05, 3.63) is 71.0 Å². The number of nitrogens with one attached hydrogen (secondary N) is 1. The monoisotopic (exact) mass is 284 g/mol. The first-order chi connectivity index (χ1) is 10.1. The summed E-state index contributed by atoms with van der Waals surface area (Å²) in [5, 5.41) is 3.84. The van der Waals surface area contributed by atoms with E-state index in [0.29, 0.717) is 5.92 Å². The first kappa shape index (κ1) is 14.9. The first-order valence-corrected chi connectivity index (χ1v) is 6.76. The van der Waals surface area contributed by atoms with Crippen LogP contribution < -0.4 is 5.43 Å². The fourth-order valence-corrected chi connectivity index (χ4v) is 1.84. The molecule has 3 nitrogen and oxygen atoms in total. The molecule has 0 radical (unpaired) electrons. The SMILES string of the molecule is CC(C)c1ccc(C=NNC(=O)c2ccccc2F)cc1. The van der Waals surface area contributed by atoms with Crippen LogP contribution in [0.2, 0.25) is 0 Å². The van der Waals surface area contributed by atoms with Gasteiger partial charge in [0.1, 0.15) is 5.82 Å². The third-order valence-corrected chi connectivity index (χ3v) is 3.10. The topological polar surface area (TPSA) is 41.5 Å². The highest BCUT2D eigenvalue weighted by atomic mass is 19.1. The van der Waals surface area contributed by atoms with E-state index >= 15 is 0 Å². The largest absolute Gasteiger partial charge is 0.274 e. The van der Waals surface area contributed by atoms with Gasteiger partial charge in [0.25, 0.3) is 5.91 Å². The number of nitrogens with zero attached hydrogens (tertiary/aromatic N) is 1. The number of hydrogen-bond acceptors (Lipinski definition) is 2. The van der Waals surface area contributed by atoms with E-state index < -0.39 is 11.7 Å². The second-order valence-electron chi connectivity index (χ2n) is 5.00. The number of amides is 1. The van der Waals surface area contributed by atoms with Crippen molar-refractivity contribution < 1.29 is 9.18 Å². The third-order valence-electron chi connectivity index (χ3n) is 3.10. The van der Waals surface area contributed by atoms with Crippen molar-refractivity contribution in [2.24, 2.45) is 5.10 Å². The maximum Gasteiger partial charge on any atom is 0.274 e. The Bertz CT molecular complexity index is 648. The van der Waals surface area contributed by atoms with Gasteiger partial charge in [0.15, 0.2) is 0 Å². The van der Waals surface area contributed by atoms with Gasteiger partial charge >= 0.3 is 0 Å². The Labute approximate surface area is 123 Å². The lowest BCUT2D eigenvalue weighted by Gasteiger charge is -2.04. The highest BCUT2D eigenvalue weighted by molar-refractivity contribution is 5.95. The van der Waals surface area contributed by atoms with Crippen LogP contribution in [0.15, 0.2) is 53.6 Å². The van der Waals surface area contributed by atoms with E-state index in [9.17, 15) is 9.18 Å². The van der Waals surface area contributed by atoms with E-state index in [4.69, 9.17) is 0 Å². The molecule has 2 aromatic rings. The number of hydrazone groups is 1. The maximum atomic E-state index is 13.4. The third kappa shape index (κ3) is 3.99. The molecule has 0 atom stereocenters. The molecule has 0 aliphatic heterocycles. The van der Waals surface area contributed by atoms with Gasteiger partial charge in [-0.1, -0.05) is 50.2 Å². The molecule has 0 bridgehead atoms. The molecule has 2 aromatic carbocycles. The summed E-state index contributed by atoms with van der Waals surface area (Å²) in [5.41, 5.74) is 4.40. The summed E-state index contributed by atoms with van der Waals surface area (Å²) < 4.78 is 13.4. The zero-order valence-corrected chi connectivity index (χ0v) is 12.0. The van der Waals surface area contributed by atoms with Crippen molar-refractivity contribution in [3.8, 4) is 0 Å². The summed E-state index contributed by atoms with van der Waals surface area (Å²) in [5.74, 6) is -0.661. The Balaban J connectivity index is 1.99. The second-order valence-corrected chi connectivity index (χ2v) is 5.00. The molecule has 2 rings (SSSR count). The minimum Gasteiger partial charge on any atom is -0.267 e. The Morgan fingerprint density at radius 1 is 1.14 bits per heavy atom. The molecular weight excluding hydrogens is 267 g/mol. The van der Waals surface area contributed by atoms with Crippen molar-refractivity contribution in [1.29, 1.82) is 0 Å². The lowest BCUT2D eigenvalue weighted by molar-refractivity contribution is 0.0951. The highest BCUT2D eigenvalue weighted by Crippen LogP contribution is 2.13. The summed E-state index contributed by atoms with van der Waals surface area (Å²) in [6, 6.07) is 13.7. The van der Waals surface area contributed by atoms with Crippen LogP contribution in [0, 0.1) is 5.82 Å². The molecule has 108 valence electrons.